The molecule has 3 aromatic rings. The summed E-state index contributed by atoms with van der Waals surface area (Å²) in [6.45, 7) is 2.01. The number of nitrogens with zero attached hydrogens (tertiary/aromatic N) is 1. The molecule has 0 radical (unpaired) electrons. The standard InChI is InChI=1S/C26H26N2O5S2/c1-2-32-25(30)14-7-9-17(10-8-14)27-19(29)13-28-24-23(35-26(28)31)21(18-4-3-11-33-18)20-15-5-6-16(12-15)22(20)34-24/h3-4,7-11,15-16,20-22H,2,5-6,12-13H2,1H3,(H,27,29)/t15-,16-,20-,21-,22+/m0/s1. The fraction of sp³-hybridized carbons (Fsp3) is 0.423. The lowest BCUT2D eigenvalue weighted by molar-refractivity contribution is -0.116. The van der Waals surface area contributed by atoms with Crippen molar-refractivity contribution in [1.82, 2.24) is 4.57 Å². The first-order valence-corrected chi connectivity index (χ1v) is 13.7. The summed E-state index contributed by atoms with van der Waals surface area (Å²) in [7, 11) is 0. The van der Waals surface area contributed by atoms with Gasteiger partial charge in [0.15, 0.2) is 0 Å². The van der Waals surface area contributed by atoms with Crippen molar-refractivity contribution >= 4 is 40.7 Å². The van der Waals surface area contributed by atoms with Gasteiger partial charge in [-0.2, -0.15) is 0 Å². The summed E-state index contributed by atoms with van der Waals surface area (Å²) >= 11 is 3.05. The molecule has 2 fully saturated rings. The molecule has 1 N–H and O–H groups in total. The van der Waals surface area contributed by atoms with Crippen molar-refractivity contribution in [1.29, 1.82) is 0 Å². The average Bonchev–Trinajstić information content (AvgIpc) is 3.64. The number of fused-ring (bicyclic) bond motifs is 6. The van der Waals surface area contributed by atoms with Crippen molar-refractivity contribution in [2.24, 2.45) is 17.8 Å². The number of aromatic nitrogens is 1. The number of esters is 1. The van der Waals surface area contributed by atoms with Gasteiger partial charge in [0.25, 0.3) is 0 Å². The zero-order valence-corrected chi connectivity index (χ0v) is 20.9. The molecule has 2 bridgehead atoms. The SMILES string of the molecule is CCOC(=O)c1ccc(NC(=O)Cn2c3c(sc2=O)[C@@H](c2ccco2)[C@@H]2[C@H]4CC[C@@H](C4)[C@H]2S3)cc1. The zero-order chi connectivity index (χ0) is 24.1. The monoisotopic (exact) mass is 510 g/mol. The van der Waals surface area contributed by atoms with Gasteiger partial charge >= 0.3 is 10.8 Å². The molecule has 0 unspecified atom stereocenters. The van der Waals surface area contributed by atoms with E-state index in [0.29, 0.717) is 40.9 Å². The van der Waals surface area contributed by atoms with Crippen molar-refractivity contribution in [2.45, 2.75) is 48.9 Å². The molecular weight excluding hydrogens is 484 g/mol. The minimum atomic E-state index is -0.399. The number of furan rings is 1. The Bertz CT molecular complexity index is 1310. The van der Waals surface area contributed by atoms with Gasteiger partial charge in [-0.05, 0) is 80.3 Å². The minimum absolute atomic E-state index is 0.0480. The third kappa shape index (κ3) is 3.94. The maximum atomic E-state index is 13.1. The number of benzene rings is 1. The largest absolute Gasteiger partial charge is 0.469 e. The Morgan fingerprint density at radius 2 is 1.97 bits per heavy atom. The molecule has 3 aliphatic rings. The van der Waals surface area contributed by atoms with Crippen LogP contribution in [0.5, 0.6) is 0 Å². The predicted octanol–water partition coefficient (Wildman–Crippen LogP) is 4.97. The van der Waals surface area contributed by atoms with Crippen LogP contribution in [0.1, 0.15) is 53.1 Å². The van der Waals surface area contributed by atoms with Crippen molar-refractivity contribution < 1.29 is 18.7 Å². The number of thiazole rings is 1. The van der Waals surface area contributed by atoms with Crippen LogP contribution in [-0.4, -0.2) is 28.3 Å². The van der Waals surface area contributed by atoms with Crippen molar-refractivity contribution in [3.63, 3.8) is 0 Å². The van der Waals surface area contributed by atoms with E-state index in [2.05, 4.69) is 5.32 Å². The van der Waals surface area contributed by atoms with Crippen LogP contribution in [0, 0.1) is 17.8 Å². The number of hydrogen-bond donors (Lipinski definition) is 1. The highest BCUT2D eigenvalue weighted by Gasteiger charge is 2.55. The molecule has 6 rings (SSSR count). The van der Waals surface area contributed by atoms with Crippen molar-refractivity contribution in [2.75, 3.05) is 11.9 Å². The topological polar surface area (TPSA) is 90.5 Å². The van der Waals surface area contributed by atoms with Gasteiger partial charge in [0, 0.05) is 10.9 Å². The zero-order valence-electron chi connectivity index (χ0n) is 19.3. The summed E-state index contributed by atoms with van der Waals surface area (Å²) < 4.78 is 12.5. The normalized spacial score (nSPS) is 26.3. The first kappa shape index (κ1) is 22.7. The van der Waals surface area contributed by atoms with Crippen molar-refractivity contribution in [3.8, 4) is 0 Å². The first-order chi connectivity index (χ1) is 17.0. The molecular formula is C26H26N2O5S2. The fourth-order valence-electron chi connectivity index (χ4n) is 6.12. The van der Waals surface area contributed by atoms with Gasteiger partial charge < -0.3 is 14.5 Å². The second-order valence-electron chi connectivity index (χ2n) is 9.46. The van der Waals surface area contributed by atoms with E-state index in [-0.39, 0.29) is 23.2 Å². The molecule has 1 amide bonds. The van der Waals surface area contributed by atoms with Gasteiger partial charge in [-0.25, -0.2) is 4.79 Å². The molecule has 2 aromatic heterocycles. The van der Waals surface area contributed by atoms with E-state index in [9.17, 15) is 14.4 Å². The predicted molar refractivity (Wildman–Crippen MR) is 134 cm³/mol. The number of nitrogens with one attached hydrogen (secondary N) is 1. The maximum Gasteiger partial charge on any atom is 0.338 e. The maximum absolute atomic E-state index is 13.1. The Balaban J connectivity index is 1.25. The van der Waals surface area contributed by atoms with Crippen LogP contribution in [0.15, 0.2) is 56.9 Å². The molecule has 9 heteroatoms. The molecule has 182 valence electrons. The highest BCUT2D eigenvalue weighted by molar-refractivity contribution is 8.00. The van der Waals surface area contributed by atoms with Crippen molar-refractivity contribution in [3.05, 3.63) is 68.5 Å². The summed E-state index contributed by atoms with van der Waals surface area (Å²) in [5.41, 5.74) is 0.989. The molecule has 0 saturated heterocycles. The number of hydrogen-bond acceptors (Lipinski definition) is 7. The Hall–Kier alpha value is -2.78. The van der Waals surface area contributed by atoms with E-state index in [1.165, 1.54) is 30.6 Å². The van der Waals surface area contributed by atoms with E-state index in [0.717, 1.165) is 15.7 Å². The number of carbonyl (C=O) groups excluding carboxylic acids is 2. The van der Waals surface area contributed by atoms with Crippen LogP contribution < -0.4 is 10.2 Å². The number of rotatable bonds is 6. The summed E-state index contributed by atoms with van der Waals surface area (Å²) in [5, 5.41) is 4.22. The van der Waals surface area contributed by atoms with E-state index < -0.39 is 5.97 Å². The van der Waals surface area contributed by atoms with E-state index in [1.807, 2.05) is 12.1 Å². The lowest BCUT2D eigenvalue weighted by Crippen LogP contribution is -2.34. The Morgan fingerprint density at radius 3 is 2.71 bits per heavy atom. The molecule has 1 aromatic carbocycles. The van der Waals surface area contributed by atoms with E-state index >= 15 is 0 Å². The third-order valence-corrected chi connectivity index (χ3v) is 10.3. The van der Waals surface area contributed by atoms with Crippen LogP contribution in [0.25, 0.3) is 0 Å². The lowest BCUT2D eigenvalue weighted by Gasteiger charge is -2.39. The number of amides is 1. The number of anilines is 1. The third-order valence-electron chi connectivity index (χ3n) is 7.52. The second-order valence-corrected chi connectivity index (χ2v) is 11.6. The summed E-state index contributed by atoms with van der Waals surface area (Å²) in [6.07, 6.45) is 5.46. The Morgan fingerprint density at radius 1 is 1.17 bits per heavy atom. The highest BCUT2D eigenvalue weighted by Crippen LogP contribution is 2.64. The van der Waals surface area contributed by atoms with Gasteiger partial charge in [-0.3, -0.25) is 14.2 Å². The van der Waals surface area contributed by atoms with Crippen LogP contribution in [0.2, 0.25) is 0 Å². The average molecular weight is 511 g/mol. The van der Waals surface area contributed by atoms with Gasteiger partial charge in [0.2, 0.25) is 5.91 Å². The fourth-order valence-corrected chi connectivity index (χ4v) is 9.25. The quantitative estimate of drug-likeness (QED) is 0.471. The second kappa shape index (κ2) is 9.02. The molecule has 1 aliphatic heterocycles. The van der Waals surface area contributed by atoms with Crippen LogP contribution in [-0.2, 0) is 16.1 Å². The summed E-state index contributed by atoms with van der Waals surface area (Å²) in [4.78, 5) is 38.8. The number of thioether (sulfide) groups is 1. The molecule has 3 heterocycles. The molecule has 2 aliphatic carbocycles. The van der Waals surface area contributed by atoms with E-state index in [4.69, 9.17) is 9.15 Å². The highest BCUT2D eigenvalue weighted by atomic mass is 32.2. The van der Waals surface area contributed by atoms with Crippen LogP contribution in [0.3, 0.4) is 0 Å². The Labute approximate surface area is 210 Å². The van der Waals surface area contributed by atoms with Gasteiger partial charge in [-0.1, -0.05) is 11.3 Å². The van der Waals surface area contributed by atoms with Gasteiger partial charge in [-0.15, -0.1) is 11.8 Å². The number of ether oxygens (including phenoxy) is 1. The summed E-state index contributed by atoms with van der Waals surface area (Å²) in [5.74, 6) is 2.15. The number of carbonyl (C=O) groups is 2. The molecule has 35 heavy (non-hydrogen) atoms. The molecule has 7 nitrogen and oxygen atoms in total. The Kier molecular flexibility index (Phi) is 5.84. The van der Waals surface area contributed by atoms with Gasteiger partial charge in [0.05, 0.1) is 34.3 Å². The van der Waals surface area contributed by atoms with Crippen LogP contribution in [0.4, 0.5) is 5.69 Å². The molecule has 5 atom stereocenters. The van der Waals surface area contributed by atoms with Gasteiger partial charge in [0.1, 0.15) is 12.3 Å². The molecule has 0 spiro atoms. The first-order valence-electron chi connectivity index (χ1n) is 12.0. The molecule has 2 saturated carbocycles. The lowest BCUT2D eigenvalue weighted by atomic mass is 9.77. The van der Waals surface area contributed by atoms with E-state index in [1.54, 1.807) is 53.8 Å². The smallest absolute Gasteiger partial charge is 0.338 e. The summed E-state index contributed by atoms with van der Waals surface area (Å²) in [6, 6.07) is 10.5. The van der Waals surface area contributed by atoms with Crippen LogP contribution >= 0.6 is 23.1 Å². The minimum Gasteiger partial charge on any atom is -0.469 e.